The molecule has 2 aromatic heterocycles. The molecule has 2 aromatic carbocycles. The Morgan fingerprint density at radius 3 is 2.67 bits per heavy atom. The lowest BCUT2D eigenvalue weighted by Gasteiger charge is -2.08. The van der Waals surface area contributed by atoms with Crippen molar-refractivity contribution >= 4 is 22.6 Å². The van der Waals surface area contributed by atoms with E-state index in [1.54, 1.807) is 12.3 Å². The molecule has 5 N–H and O–H groups in total. The van der Waals surface area contributed by atoms with Crippen LogP contribution in [-0.2, 0) is 12.8 Å². The summed E-state index contributed by atoms with van der Waals surface area (Å²) in [7, 11) is 0. The number of fused-ring (bicyclic) bond motifs is 1. The zero-order valence-electron chi connectivity index (χ0n) is 14.6. The van der Waals surface area contributed by atoms with Gasteiger partial charge in [-0.05, 0) is 59.9 Å². The first-order valence-corrected chi connectivity index (χ1v) is 8.68. The SMILES string of the molecule is NC(=O)c1ccccc1CCc1cc(-c2ccc3c(N)n[nH]c3c2)ccn1. The second-order valence-electron chi connectivity index (χ2n) is 6.43. The summed E-state index contributed by atoms with van der Waals surface area (Å²) in [6, 6.07) is 17.5. The molecule has 0 radical (unpaired) electrons. The summed E-state index contributed by atoms with van der Waals surface area (Å²) in [6.45, 7) is 0. The maximum absolute atomic E-state index is 11.6. The number of nitrogen functional groups attached to an aromatic ring is 1. The molecule has 134 valence electrons. The number of nitrogens with zero attached hydrogens (tertiary/aromatic N) is 2. The standard InChI is InChI=1S/C21H19N5O/c22-20-18-8-6-14(12-19(18)25-26-20)15-9-10-24-16(11-15)7-5-13-3-1-2-4-17(13)21(23)27/h1-4,6,8-12H,5,7H2,(H2,23,27)(H3,22,25,26). The Labute approximate surface area is 156 Å². The summed E-state index contributed by atoms with van der Waals surface area (Å²) in [5.74, 6) is 0.0968. The van der Waals surface area contributed by atoms with E-state index in [0.717, 1.165) is 39.7 Å². The van der Waals surface area contributed by atoms with Gasteiger partial charge in [-0.1, -0.05) is 24.3 Å². The van der Waals surface area contributed by atoms with E-state index in [4.69, 9.17) is 11.5 Å². The van der Waals surface area contributed by atoms with Crippen LogP contribution in [0.5, 0.6) is 0 Å². The predicted octanol–water partition coefficient (Wildman–Crippen LogP) is 3.09. The minimum Gasteiger partial charge on any atom is -0.382 e. The topological polar surface area (TPSA) is 111 Å². The van der Waals surface area contributed by atoms with Crippen LogP contribution in [0.15, 0.2) is 60.8 Å². The van der Waals surface area contributed by atoms with E-state index in [9.17, 15) is 4.79 Å². The fourth-order valence-corrected chi connectivity index (χ4v) is 3.26. The first kappa shape index (κ1) is 16.8. The van der Waals surface area contributed by atoms with Gasteiger partial charge in [-0.25, -0.2) is 0 Å². The summed E-state index contributed by atoms with van der Waals surface area (Å²) in [6.07, 6.45) is 3.22. The van der Waals surface area contributed by atoms with Gasteiger partial charge in [0.2, 0.25) is 5.91 Å². The molecule has 0 aliphatic carbocycles. The summed E-state index contributed by atoms with van der Waals surface area (Å²) < 4.78 is 0. The number of aromatic amines is 1. The molecule has 6 nitrogen and oxygen atoms in total. The van der Waals surface area contributed by atoms with Crippen molar-refractivity contribution in [1.29, 1.82) is 0 Å². The fraction of sp³-hybridized carbons (Fsp3) is 0.0952. The van der Waals surface area contributed by atoms with E-state index in [1.807, 2.05) is 42.5 Å². The number of primary amides is 1. The van der Waals surface area contributed by atoms with Gasteiger partial charge in [0.05, 0.1) is 5.52 Å². The van der Waals surface area contributed by atoms with Gasteiger partial charge in [0.25, 0.3) is 0 Å². The number of benzene rings is 2. The average Bonchev–Trinajstić information content (AvgIpc) is 3.07. The number of carbonyl (C=O) groups excluding carboxylic acids is 1. The highest BCUT2D eigenvalue weighted by Crippen LogP contribution is 2.26. The molecule has 27 heavy (non-hydrogen) atoms. The number of amides is 1. The number of pyridine rings is 1. The van der Waals surface area contributed by atoms with Crippen molar-refractivity contribution in [3.8, 4) is 11.1 Å². The van der Waals surface area contributed by atoms with Crippen LogP contribution in [0.1, 0.15) is 21.6 Å². The Kier molecular flexibility index (Phi) is 4.30. The maximum Gasteiger partial charge on any atom is 0.248 e. The number of aromatic nitrogens is 3. The van der Waals surface area contributed by atoms with Crippen molar-refractivity contribution in [2.24, 2.45) is 5.73 Å². The molecule has 1 amide bonds. The number of hydrogen-bond donors (Lipinski definition) is 3. The number of aryl methyl sites for hydroxylation is 2. The minimum atomic E-state index is -0.403. The normalized spacial score (nSPS) is 11.0. The fourth-order valence-electron chi connectivity index (χ4n) is 3.26. The van der Waals surface area contributed by atoms with Gasteiger partial charge in [-0.15, -0.1) is 0 Å². The molecule has 0 atom stereocenters. The Morgan fingerprint density at radius 1 is 1.00 bits per heavy atom. The van der Waals surface area contributed by atoms with Crippen molar-refractivity contribution in [3.63, 3.8) is 0 Å². The number of nitrogens with two attached hydrogens (primary N) is 2. The summed E-state index contributed by atoms with van der Waals surface area (Å²) in [5.41, 5.74) is 16.8. The zero-order chi connectivity index (χ0) is 18.8. The second kappa shape index (κ2) is 6.92. The van der Waals surface area contributed by atoms with Crippen molar-refractivity contribution < 1.29 is 4.79 Å². The van der Waals surface area contributed by atoms with Gasteiger partial charge >= 0.3 is 0 Å². The molecule has 4 rings (SSSR count). The third-order valence-electron chi connectivity index (χ3n) is 4.68. The lowest BCUT2D eigenvalue weighted by atomic mass is 9.99. The highest BCUT2D eigenvalue weighted by atomic mass is 16.1. The van der Waals surface area contributed by atoms with Crippen molar-refractivity contribution in [3.05, 3.63) is 77.6 Å². The highest BCUT2D eigenvalue weighted by Gasteiger charge is 2.09. The van der Waals surface area contributed by atoms with E-state index >= 15 is 0 Å². The molecule has 2 heterocycles. The van der Waals surface area contributed by atoms with Crippen LogP contribution >= 0.6 is 0 Å². The Bertz CT molecular complexity index is 1130. The predicted molar refractivity (Wildman–Crippen MR) is 106 cm³/mol. The lowest BCUT2D eigenvalue weighted by Crippen LogP contribution is -2.14. The van der Waals surface area contributed by atoms with Crippen LogP contribution in [-0.4, -0.2) is 21.1 Å². The monoisotopic (exact) mass is 357 g/mol. The first-order valence-electron chi connectivity index (χ1n) is 8.68. The number of hydrogen-bond acceptors (Lipinski definition) is 4. The summed E-state index contributed by atoms with van der Waals surface area (Å²) in [5, 5.41) is 7.89. The van der Waals surface area contributed by atoms with Gasteiger partial charge < -0.3 is 11.5 Å². The summed E-state index contributed by atoms with van der Waals surface area (Å²) >= 11 is 0. The smallest absolute Gasteiger partial charge is 0.248 e. The van der Waals surface area contributed by atoms with Crippen LogP contribution in [0.4, 0.5) is 5.82 Å². The third kappa shape index (κ3) is 3.37. The van der Waals surface area contributed by atoms with Crippen LogP contribution in [0.3, 0.4) is 0 Å². The second-order valence-corrected chi connectivity index (χ2v) is 6.43. The van der Waals surface area contributed by atoms with Gasteiger partial charge in [0, 0.05) is 22.8 Å². The van der Waals surface area contributed by atoms with E-state index < -0.39 is 5.91 Å². The average molecular weight is 357 g/mol. The lowest BCUT2D eigenvalue weighted by molar-refractivity contribution is 0.0999. The highest BCUT2D eigenvalue weighted by molar-refractivity contribution is 5.94. The van der Waals surface area contributed by atoms with Gasteiger partial charge in [-0.3, -0.25) is 14.9 Å². The molecular formula is C21H19N5O. The number of H-pyrrole nitrogens is 1. The van der Waals surface area contributed by atoms with Crippen molar-refractivity contribution in [1.82, 2.24) is 15.2 Å². The minimum absolute atomic E-state index is 0.403. The van der Waals surface area contributed by atoms with Crippen LogP contribution in [0.2, 0.25) is 0 Å². The molecule has 4 aromatic rings. The van der Waals surface area contributed by atoms with Gasteiger partial charge in [-0.2, -0.15) is 5.10 Å². The van der Waals surface area contributed by atoms with Crippen LogP contribution in [0.25, 0.3) is 22.0 Å². The molecule has 0 spiro atoms. The molecule has 0 aliphatic rings. The van der Waals surface area contributed by atoms with E-state index in [1.165, 1.54) is 0 Å². The molecule has 0 unspecified atom stereocenters. The quantitative estimate of drug-likeness (QED) is 0.509. The molecule has 0 fully saturated rings. The van der Waals surface area contributed by atoms with Gasteiger partial charge in [0.15, 0.2) is 5.82 Å². The summed E-state index contributed by atoms with van der Waals surface area (Å²) in [4.78, 5) is 16.0. The Balaban J connectivity index is 1.58. The number of rotatable bonds is 5. The van der Waals surface area contributed by atoms with Crippen molar-refractivity contribution in [2.45, 2.75) is 12.8 Å². The third-order valence-corrected chi connectivity index (χ3v) is 4.68. The molecular weight excluding hydrogens is 338 g/mol. The molecule has 0 aliphatic heterocycles. The largest absolute Gasteiger partial charge is 0.382 e. The van der Waals surface area contributed by atoms with E-state index in [-0.39, 0.29) is 0 Å². The molecule has 0 saturated heterocycles. The first-order chi connectivity index (χ1) is 13.1. The zero-order valence-corrected chi connectivity index (χ0v) is 14.6. The van der Waals surface area contributed by atoms with Gasteiger partial charge in [0.1, 0.15) is 0 Å². The van der Waals surface area contributed by atoms with Crippen LogP contribution < -0.4 is 11.5 Å². The van der Waals surface area contributed by atoms with E-state index in [2.05, 4.69) is 21.2 Å². The molecule has 0 saturated carbocycles. The number of anilines is 1. The Hall–Kier alpha value is -3.67. The maximum atomic E-state index is 11.6. The molecule has 0 bridgehead atoms. The van der Waals surface area contributed by atoms with Crippen LogP contribution in [0, 0.1) is 0 Å². The van der Waals surface area contributed by atoms with E-state index in [0.29, 0.717) is 17.8 Å². The molecule has 6 heteroatoms. The number of carbonyl (C=O) groups is 1. The van der Waals surface area contributed by atoms with Crippen molar-refractivity contribution in [2.75, 3.05) is 5.73 Å². The number of nitrogens with one attached hydrogen (secondary N) is 1. The Morgan fingerprint density at radius 2 is 1.81 bits per heavy atom.